The van der Waals surface area contributed by atoms with Crippen LogP contribution in [0.2, 0.25) is 5.02 Å². The summed E-state index contributed by atoms with van der Waals surface area (Å²) in [4.78, 5) is 25.0. The van der Waals surface area contributed by atoms with E-state index in [1.54, 1.807) is 18.2 Å². The molecule has 0 saturated heterocycles. The van der Waals surface area contributed by atoms with Gasteiger partial charge in [-0.25, -0.2) is 8.42 Å². The Balaban J connectivity index is 2.10. The molecule has 1 atom stereocenters. The second-order valence-corrected chi connectivity index (χ2v) is 9.61. The maximum absolute atomic E-state index is 12.5. The summed E-state index contributed by atoms with van der Waals surface area (Å²) in [5, 5.41) is 5.81. The van der Waals surface area contributed by atoms with Crippen LogP contribution in [0, 0.1) is 5.92 Å². The Labute approximate surface area is 182 Å². The van der Waals surface area contributed by atoms with E-state index in [2.05, 4.69) is 17.6 Å². The Bertz CT molecular complexity index is 1020. The van der Waals surface area contributed by atoms with Crippen molar-refractivity contribution in [2.45, 2.75) is 44.4 Å². The van der Waals surface area contributed by atoms with E-state index < -0.39 is 15.7 Å². The standard InChI is InChI=1S/C22H27ClN2O4S/c1-4-6-8-15(5-2)21(26)24-17-11-12-20(19(23)14-17)25-22(27)16-9-7-10-18(13-16)30(3,28)29/h7,9-15H,4-6,8H2,1-3H3,(H,24,26)(H,25,27). The number of amides is 2. The van der Waals surface area contributed by atoms with Gasteiger partial charge in [0.1, 0.15) is 0 Å². The van der Waals surface area contributed by atoms with Crippen LogP contribution >= 0.6 is 11.6 Å². The van der Waals surface area contributed by atoms with E-state index in [1.165, 1.54) is 24.3 Å². The molecule has 2 aromatic carbocycles. The number of carbonyl (C=O) groups excluding carboxylic acids is 2. The van der Waals surface area contributed by atoms with Gasteiger partial charge in [-0.1, -0.05) is 44.4 Å². The first-order valence-corrected chi connectivity index (χ1v) is 12.1. The molecule has 0 aliphatic rings. The van der Waals surface area contributed by atoms with Gasteiger partial charge in [-0.3, -0.25) is 9.59 Å². The Hall–Kier alpha value is -2.38. The van der Waals surface area contributed by atoms with Crippen molar-refractivity contribution in [3.63, 3.8) is 0 Å². The number of sulfone groups is 1. The lowest BCUT2D eigenvalue weighted by Crippen LogP contribution is -2.22. The fourth-order valence-electron chi connectivity index (χ4n) is 2.97. The zero-order chi connectivity index (χ0) is 22.3. The van der Waals surface area contributed by atoms with Gasteiger partial charge in [0.2, 0.25) is 5.91 Å². The molecule has 0 heterocycles. The van der Waals surface area contributed by atoms with Gasteiger partial charge in [0, 0.05) is 23.4 Å². The molecule has 0 spiro atoms. The third-order valence-corrected chi connectivity index (χ3v) is 6.20. The number of rotatable bonds is 9. The number of halogens is 1. The highest BCUT2D eigenvalue weighted by Gasteiger charge is 2.17. The van der Waals surface area contributed by atoms with Crippen molar-refractivity contribution in [1.82, 2.24) is 0 Å². The van der Waals surface area contributed by atoms with Gasteiger partial charge >= 0.3 is 0 Å². The monoisotopic (exact) mass is 450 g/mol. The molecule has 2 aromatic rings. The van der Waals surface area contributed by atoms with Gasteiger partial charge in [-0.2, -0.15) is 0 Å². The highest BCUT2D eigenvalue weighted by atomic mass is 35.5. The summed E-state index contributed by atoms with van der Waals surface area (Å²) in [5.74, 6) is -0.577. The molecule has 6 nitrogen and oxygen atoms in total. The van der Waals surface area contributed by atoms with Crippen molar-refractivity contribution < 1.29 is 18.0 Å². The van der Waals surface area contributed by atoms with Gasteiger partial charge < -0.3 is 10.6 Å². The quantitative estimate of drug-likeness (QED) is 0.552. The summed E-state index contributed by atoms with van der Waals surface area (Å²) < 4.78 is 23.4. The lowest BCUT2D eigenvalue weighted by molar-refractivity contribution is -0.120. The number of hydrogen-bond donors (Lipinski definition) is 2. The lowest BCUT2D eigenvalue weighted by atomic mass is 9.98. The van der Waals surface area contributed by atoms with E-state index in [-0.39, 0.29) is 27.3 Å². The Morgan fingerprint density at radius 2 is 1.80 bits per heavy atom. The fraction of sp³-hybridized carbons (Fsp3) is 0.364. The molecular weight excluding hydrogens is 424 g/mol. The van der Waals surface area contributed by atoms with E-state index >= 15 is 0 Å². The summed E-state index contributed by atoms with van der Waals surface area (Å²) in [6, 6.07) is 10.6. The van der Waals surface area contributed by atoms with Crippen LogP contribution < -0.4 is 10.6 Å². The third-order valence-electron chi connectivity index (χ3n) is 4.78. The van der Waals surface area contributed by atoms with Crippen molar-refractivity contribution in [1.29, 1.82) is 0 Å². The number of nitrogens with one attached hydrogen (secondary N) is 2. The highest BCUT2D eigenvalue weighted by Crippen LogP contribution is 2.27. The largest absolute Gasteiger partial charge is 0.326 e. The minimum absolute atomic E-state index is 0.0450. The Morgan fingerprint density at radius 3 is 2.40 bits per heavy atom. The molecule has 162 valence electrons. The van der Waals surface area contributed by atoms with E-state index in [0.717, 1.165) is 31.9 Å². The molecular formula is C22H27ClN2O4S. The number of hydrogen-bond acceptors (Lipinski definition) is 4. The predicted octanol–water partition coefficient (Wildman–Crippen LogP) is 5.15. The fourth-order valence-corrected chi connectivity index (χ4v) is 3.87. The van der Waals surface area contributed by atoms with Crippen LogP contribution in [0.4, 0.5) is 11.4 Å². The number of unbranched alkanes of at least 4 members (excludes halogenated alkanes) is 1. The smallest absolute Gasteiger partial charge is 0.255 e. The summed E-state index contributed by atoms with van der Waals surface area (Å²) in [5.41, 5.74) is 1.12. The number of benzene rings is 2. The molecule has 1 unspecified atom stereocenters. The van der Waals surface area contributed by atoms with Gasteiger partial charge in [0.05, 0.1) is 15.6 Å². The van der Waals surface area contributed by atoms with Crippen LogP contribution in [-0.2, 0) is 14.6 Å². The zero-order valence-electron chi connectivity index (χ0n) is 17.4. The van der Waals surface area contributed by atoms with Crippen molar-refractivity contribution >= 4 is 44.6 Å². The molecule has 0 aliphatic heterocycles. The average Bonchev–Trinajstić information content (AvgIpc) is 2.70. The van der Waals surface area contributed by atoms with Crippen LogP contribution in [0.1, 0.15) is 49.9 Å². The van der Waals surface area contributed by atoms with Gasteiger partial charge in [-0.15, -0.1) is 0 Å². The van der Waals surface area contributed by atoms with E-state index in [1.807, 2.05) is 6.92 Å². The van der Waals surface area contributed by atoms with Crippen molar-refractivity contribution in [2.75, 3.05) is 16.9 Å². The first-order chi connectivity index (χ1) is 14.2. The number of carbonyl (C=O) groups is 2. The lowest BCUT2D eigenvalue weighted by Gasteiger charge is -2.15. The molecule has 0 aromatic heterocycles. The summed E-state index contributed by atoms with van der Waals surface area (Å²) >= 11 is 6.28. The Morgan fingerprint density at radius 1 is 1.07 bits per heavy atom. The molecule has 0 bridgehead atoms. The molecule has 2 rings (SSSR count). The molecule has 0 fully saturated rings. The normalized spacial score (nSPS) is 12.3. The first kappa shape index (κ1) is 23.9. The van der Waals surface area contributed by atoms with E-state index in [4.69, 9.17) is 11.6 Å². The highest BCUT2D eigenvalue weighted by molar-refractivity contribution is 7.90. The van der Waals surface area contributed by atoms with Gasteiger partial charge in [0.15, 0.2) is 9.84 Å². The maximum atomic E-state index is 12.5. The van der Waals surface area contributed by atoms with Crippen LogP contribution in [0.15, 0.2) is 47.4 Å². The van der Waals surface area contributed by atoms with Crippen LogP contribution in [0.3, 0.4) is 0 Å². The molecule has 0 saturated carbocycles. The van der Waals surface area contributed by atoms with Crippen LogP contribution in [0.5, 0.6) is 0 Å². The summed E-state index contributed by atoms with van der Waals surface area (Å²) in [6.45, 7) is 4.08. The molecule has 8 heteroatoms. The minimum atomic E-state index is -3.42. The van der Waals surface area contributed by atoms with Gasteiger partial charge in [-0.05, 0) is 49.2 Å². The zero-order valence-corrected chi connectivity index (χ0v) is 18.9. The van der Waals surface area contributed by atoms with Crippen LogP contribution in [-0.4, -0.2) is 26.5 Å². The Kier molecular flexibility index (Phi) is 8.43. The molecule has 0 aliphatic carbocycles. The molecule has 2 amide bonds. The number of anilines is 2. The van der Waals surface area contributed by atoms with Crippen molar-refractivity contribution in [3.8, 4) is 0 Å². The van der Waals surface area contributed by atoms with E-state index in [9.17, 15) is 18.0 Å². The minimum Gasteiger partial charge on any atom is -0.326 e. The molecule has 30 heavy (non-hydrogen) atoms. The average molecular weight is 451 g/mol. The second-order valence-electron chi connectivity index (χ2n) is 7.19. The topological polar surface area (TPSA) is 92.3 Å². The molecule has 0 radical (unpaired) electrons. The molecule has 2 N–H and O–H groups in total. The first-order valence-electron chi connectivity index (χ1n) is 9.87. The summed E-state index contributed by atoms with van der Waals surface area (Å²) in [7, 11) is -3.42. The predicted molar refractivity (Wildman–Crippen MR) is 121 cm³/mol. The van der Waals surface area contributed by atoms with Crippen molar-refractivity contribution in [2.24, 2.45) is 5.92 Å². The van der Waals surface area contributed by atoms with Crippen molar-refractivity contribution in [3.05, 3.63) is 53.1 Å². The summed E-state index contributed by atoms with van der Waals surface area (Å²) in [6.07, 6.45) is 4.72. The maximum Gasteiger partial charge on any atom is 0.255 e. The third kappa shape index (κ3) is 6.57. The van der Waals surface area contributed by atoms with E-state index in [0.29, 0.717) is 11.4 Å². The SMILES string of the molecule is CCCCC(CC)C(=O)Nc1ccc(NC(=O)c2cccc(S(C)(=O)=O)c2)c(Cl)c1. The van der Waals surface area contributed by atoms with Gasteiger partial charge in [0.25, 0.3) is 5.91 Å². The second kappa shape index (κ2) is 10.6. The van der Waals surface area contributed by atoms with Crippen LogP contribution in [0.25, 0.3) is 0 Å².